The maximum atomic E-state index is 12.3. The zero-order valence-corrected chi connectivity index (χ0v) is 17.5. The summed E-state index contributed by atoms with van der Waals surface area (Å²) in [5.41, 5.74) is 1.72. The lowest BCUT2D eigenvalue weighted by molar-refractivity contribution is 0.186. The molecule has 0 aromatic heterocycles. The van der Waals surface area contributed by atoms with Gasteiger partial charge >= 0.3 is 0 Å². The molecule has 3 N–H and O–H groups in total. The maximum Gasteiger partial charge on any atom is 0.207 e. The van der Waals surface area contributed by atoms with Crippen LogP contribution >= 0.6 is 43.0 Å². The summed E-state index contributed by atoms with van der Waals surface area (Å²) in [6, 6.07) is 14.4. The molecule has 8 heteroatoms. The van der Waals surface area contributed by atoms with Crippen LogP contribution in [0.25, 0.3) is 0 Å². The van der Waals surface area contributed by atoms with Gasteiger partial charge in [0.15, 0.2) is 0 Å². The Hall–Kier alpha value is -0.580. The maximum absolute atomic E-state index is 12.3. The second kappa shape index (κ2) is 10.7. The summed E-state index contributed by atoms with van der Waals surface area (Å²) >= 11 is 11.9. The summed E-state index contributed by atoms with van der Waals surface area (Å²) in [4.78, 5) is 10.1. The predicted octanol–water partition coefficient (Wildman–Crippen LogP) is 4.90. The SMILES string of the molecule is CC(NCC(O)CP(=O)(O)Cc1ccccc1)c1ccc(Cl)c(Cl)c1.Cl. The first kappa shape index (κ1) is 23.5. The van der Waals surface area contributed by atoms with E-state index in [9.17, 15) is 14.6 Å². The molecule has 0 aliphatic heterocycles. The molecular formula is C18H23Cl3NO3P. The summed E-state index contributed by atoms with van der Waals surface area (Å²) in [7, 11) is -3.45. The average molecular weight is 439 g/mol. The minimum atomic E-state index is -3.45. The van der Waals surface area contributed by atoms with Crippen molar-refractivity contribution in [2.75, 3.05) is 12.7 Å². The van der Waals surface area contributed by atoms with Crippen LogP contribution in [0.3, 0.4) is 0 Å². The van der Waals surface area contributed by atoms with Crippen LogP contribution in [-0.4, -0.2) is 28.8 Å². The van der Waals surface area contributed by atoms with E-state index in [1.54, 1.807) is 24.3 Å². The van der Waals surface area contributed by atoms with Gasteiger partial charge in [-0.3, -0.25) is 4.57 Å². The molecule has 26 heavy (non-hydrogen) atoms. The van der Waals surface area contributed by atoms with Crippen LogP contribution in [0.4, 0.5) is 0 Å². The van der Waals surface area contributed by atoms with Crippen molar-refractivity contribution >= 4 is 43.0 Å². The van der Waals surface area contributed by atoms with Gasteiger partial charge in [-0.2, -0.15) is 0 Å². The van der Waals surface area contributed by atoms with Crippen molar-refractivity contribution in [1.82, 2.24) is 5.32 Å². The Kier molecular flexibility index (Phi) is 9.63. The Morgan fingerprint density at radius 1 is 1.12 bits per heavy atom. The largest absolute Gasteiger partial charge is 0.391 e. The smallest absolute Gasteiger partial charge is 0.207 e. The molecule has 0 spiro atoms. The average Bonchev–Trinajstić information content (AvgIpc) is 2.55. The quantitative estimate of drug-likeness (QED) is 0.513. The number of hydrogen-bond acceptors (Lipinski definition) is 3. The van der Waals surface area contributed by atoms with Crippen molar-refractivity contribution in [3.8, 4) is 0 Å². The molecule has 3 unspecified atom stereocenters. The number of rotatable bonds is 8. The van der Waals surface area contributed by atoms with Crippen LogP contribution in [0.1, 0.15) is 24.1 Å². The fourth-order valence-electron chi connectivity index (χ4n) is 2.54. The fourth-order valence-corrected chi connectivity index (χ4v) is 4.54. The van der Waals surface area contributed by atoms with Gasteiger partial charge in [0.1, 0.15) is 0 Å². The molecule has 144 valence electrons. The highest BCUT2D eigenvalue weighted by molar-refractivity contribution is 7.57. The van der Waals surface area contributed by atoms with E-state index in [1.807, 2.05) is 31.2 Å². The Morgan fingerprint density at radius 3 is 2.38 bits per heavy atom. The number of aliphatic hydroxyl groups is 1. The molecule has 0 aliphatic carbocycles. The summed E-state index contributed by atoms with van der Waals surface area (Å²) < 4.78 is 12.3. The zero-order chi connectivity index (χ0) is 18.4. The van der Waals surface area contributed by atoms with Gasteiger partial charge in [-0.25, -0.2) is 0 Å². The van der Waals surface area contributed by atoms with Crippen molar-refractivity contribution in [2.45, 2.75) is 25.2 Å². The van der Waals surface area contributed by atoms with E-state index in [1.165, 1.54) is 0 Å². The van der Waals surface area contributed by atoms with Crippen LogP contribution in [0.15, 0.2) is 48.5 Å². The summed E-state index contributed by atoms with van der Waals surface area (Å²) in [6.07, 6.45) is -0.999. The molecule has 0 saturated carbocycles. The van der Waals surface area contributed by atoms with Crippen molar-refractivity contribution in [3.05, 3.63) is 69.7 Å². The normalized spacial score (nSPS) is 15.6. The van der Waals surface area contributed by atoms with Crippen molar-refractivity contribution in [2.24, 2.45) is 0 Å². The highest BCUT2D eigenvalue weighted by Crippen LogP contribution is 2.44. The fraction of sp³-hybridized carbons (Fsp3) is 0.333. The number of benzene rings is 2. The second-order valence-electron chi connectivity index (χ2n) is 6.13. The minimum Gasteiger partial charge on any atom is -0.391 e. The van der Waals surface area contributed by atoms with Crippen molar-refractivity contribution < 1.29 is 14.6 Å². The second-order valence-corrected chi connectivity index (χ2v) is 9.32. The summed E-state index contributed by atoms with van der Waals surface area (Å²) in [5, 5.41) is 14.2. The standard InChI is InChI=1S/C18H22Cl2NO3P.ClH/c1-13(15-7-8-17(19)18(20)9-15)21-10-16(22)12-25(23,24)11-14-5-3-2-4-6-14;/h2-9,13,16,21-22H,10-12H2,1H3,(H,23,24);1H. The molecule has 4 nitrogen and oxygen atoms in total. The molecule has 3 atom stereocenters. The van der Waals surface area contributed by atoms with Crippen LogP contribution < -0.4 is 5.32 Å². The molecule has 0 heterocycles. The van der Waals surface area contributed by atoms with Crippen LogP contribution in [0.2, 0.25) is 10.0 Å². The summed E-state index contributed by atoms with van der Waals surface area (Å²) in [6.45, 7) is 2.13. The van der Waals surface area contributed by atoms with Crippen molar-refractivity contribution in [1.29, 1.82) is 0 Å². The molecule has 0 amide bonds. The van der Waals surface area contributed by atoms with E-state index in [4.69, 9.17) is 23.2 Å². The van der Waals surface area contributed by atoms with Crippen LogP contribution in [0.5, 0.6) is 0 Å². The lowest BCUT2D eigenvalue weighted by atomic mass is 10.1. The number of halogens is 3. The van der Waals surface area contributed by atoms with E-state index in [0.717, 1.165) is 11.1 Å². The third-order valence-electron chi connectivity index (χ3n) is 3.87. The number of hydrogen-bond donors (Lipinski definition) is 3. The van der Waals surface area contributed by atoms with Gasteiger partial charge in [-0.15, -0.1) is 12.4 Å². The van der Waals surface area contributed by atoms with Gasteiger partial charge in [0, 0.05) is 18.7 Å². The number of nitrogens with one attached hydrogen (secondary N) is 1. The Morgan fingerprint density at radius 2 is 1.77 bits per heavy atom. The monoisotopic (exact) mass is 437 g/mol. The van der Waals surface area contributed by atoms with E-state index < -0.39 is 13.5 Å². The Balaban J connectivity index is 0.00000338. The van der Waals surface area contributed by atoms with E-state index >= 15 is 0 Å². The molecule has 2 rings (SSSR count). The highest BCUT2D eigenvalue weighted by Gasteiger charge is 2.23. The molecule has 0 radical (unpaired) electrons. The lowest BCUT2D eigenvalue weighted by Crippen LogP contribution is -2.31. The molecule has 2 aromatic rings. The van der Waals surface area contributed by atoms with Gasteiger partial charge in [-0.1, -0.05) is 59.6 Å². The van der Waals surface area contributed by atoms with Gasteiger partial charge in [-0.05, 0) is 30.2 Å². The molecular weight excluding hydrogens is 416 g/mol. The minimum absolute atomic E-state index is 0. The Labute approximate surface area is 170 Å². The molecule has 0 bridgehead atoms. The molecule has 0 aliphatic rings. The van der Waals surface area contributed by atoms with E-state index in [0.29, 0.717) is 10.0 Å². The van der Waals surface area contributed by atoms with Crippen LogP contribution in [-0.2, 0) is 10.7 Å². The summed E-state index contributed by atoms with van der Waals surface area (Å²) in [5.74, 6) is 0. The first-order valence-electron chi connectivity index (χ1n) is 7.98. The van der Waals surface area contributed by atoms with Gasteiger partial charge in [0.25, 0.3) is 0 Å². The van der Waals surface area contributed by atoms with E-state index in [2.05, 4.69) is 5.32 Å². The molecule has 0 fully saturated rings. The highest BCUT2D eigenvalue weighted by atomic mass is 35.5. The van der Waals surface area contributed by atoms with Gasteiger partial charge < -0.3 is 15.3 Å². The topological polar surface area (TPSA) is 69.6 Å². The molecule has 2 aromatic carbocycles. The zero-order valence-electron chi connectivity index (χ0n) is 14.3. The lowest BCUT2D eigenvalue weighted by Gasteiger charge is -2.20. The third kappa shape index (κ3) is 7.58. The van der Waals surface area contributed by atoms with Gasteiger partial charge in [0.2, 0.25) is 7.37 Å². The van der Waals surface area contributed by atoms with Crippen LogP contribution in [0, 0.1) is 0 Å². The third-order valence-corrected chi connectivity index (χ3v) is 6.46. The predicted molar refractivity (Wildman–Crippen MR) is 111 cm³/mol. The van der Waals surface area contributed by atoms with Gasteiger partial charge in [0.05, 0.1) is 22.3 Å². The first-order valence-corrected chi connectivity index (χ1v) is 10.8. The number of aliphatic hydroxyl groups excluding tert-OH is 1. The van der Waals surface area contributed by atoms with Crippen molar-refractivity contribution in [3.63, 3.8) is 0 Å². The van der Waals surface area contributed by atoms with E-state index in [-0.39, 0.29) is 37.3 Å². The molecule has 0 saturated heterocycles. The Bertz CT molecular complexity index is 746. The first-order chi connectivity index (χ1) is 11.8.